The monoisotopic (exact) mass is 360 g/mol. The number of carbonyl (C=O) groups excluding carboxylic acids is 2. The van der Waals surface area contributed by atoms with Gasteiger partial charge in [0.05, 0.1) is 25.6 Å². The van der Waals surface area contributed by atoms with Crippen molar-refractivity contribution in [3.63, 3.8) is 0 Å². The van der Waals surface area contributed by atoms with E-state index >= 15 is 0 Å². The van der Waals surface area contributed by atoms with Crippen molar-refractivity contribution in [1.82, 2.24) is 4.90 Å². The maximum Gasteiger partial charge on any atom is 0.223 e. The first-order valence-corrected chi connectivity index (χ1v) is 9.26. The number of unbranched alkanes of at least 4 members (excludes halogenated alkanes) is 5. The minimum absolute atomic E-state index is 0.103. The van der Waals surface area contributed by atoms with Gasteiger partial charge in [-0.3, -0.25) is 9.59 Å². The van der Waals surface area contributed by atoms with Crippen LogP contribution in [0.3, 0.4) is 0 Å². The van der Waals surface area contributed by atoms with Gasteiger partial charge < -0.3 is 19.5 Å². The first kappa shape index (κ1) is 19.8. The average molecular weight is 360 g/mol. The van der Waals surface area contributed by atoms with Crippen LogP contribution in [0.1, 0.15) is 62.9 Å². The summed E-state index contributed by atoms with van der Waals surface area (Å²) in [5.74, 6) is 1.40. The van der Waals surface area contributed by atoms with Crippen molar-refractivity contribution < 1.29 is 18.4 Å². The van der Waals surface area contributed by atoms with Gasteiger partial charge in [-0.25, -0.2) is 0 Å². The summed E-state index contributed by atoms with van der Waals surface area (Å²) in [5.41, 5.74) is 5.12. The van der Waals surface area contributed by atoms with Crippen LogP contribution in [0.2, 0.25) is 0 Å². The van der Waals surface area contributed by atoms with E-state index in [9.17, 15) is 9.59 Å². The van der Waals surface area contributed by atoms with Crippen LogP contribution in [-0.4, -0.2) is 16.7 Å². The highest BCUT2D eigenvalue weighted by molar-refractivity contribution is 5.76. The second-order valence-corrected chi connectivity index (χ2v) is 6.50. The summed E-state index contributed by atoms with van der Waals surface area (Å²) in [5, 5.41) is 0. The Morgan fingerprint density at radius 1 is 0.808 bits per heavy atom. The maximum absolute atomic E-state index is 12.6. The SMILES string of the molecule is NC(=O)CCCCCCCCC(=O)N(Cc1ccco1)Cc1ccco1. The molecule has 0 aliphatic carbocycles. The number of primary amides is 1. The molecule has 2 rings (SSSR count). The zero-order valence-corrected chi connectivity index (χ0v) is 15.2. The Kier molecular flexibility index (Phi) is 8.52. The van der Waals surface area contributed by atoms with Gasteiger partial charge in [-0.2, -0.15) is 0 Å². The van der Waals surface area contributed by atoms with Gasteiger partial charge in [-0.1, -0.05) is 25.7 Å². The number of furan rings is 2. The van der Waals surface area contributed by atoms with Crippen molar-refractivity contribution in [3.05, 3.63) is 48.3 Å². The molecule has 0 aliphatic rings. The van der Waals surface area contributed by atoms with Gasteiger partial charge in [-0.05, 0) is 37.1 Å². The standard InChI is InChI=1S/C20H28N2O4/c21-19(23)11-5-3-1-2-4-6-12-20(24)22(15-17-9-7-13-25-17)16-18-10-8-14-26-18/h7-10,13-14H,1-6,11-12,15-16H2,(H2,21,23). The van der Waals surface area contributed by atoms with Crippen LogP contribution in [-0.2, 0) is 22.7 Å². The molecular formula is C20H28N2O4. The van der Waals surface area contributed by atoms with Crippen molar-refractivity contribution in [2.24, 2.45) is 5.73 Å². The Morgan fingerprint density at radius 3 is 1.77 bits per heavy atom. The lowest BCUT2D eigenvalue weighted by Crippen LogP contribution is -2.29. The van der Waals surface area contributed by atoms with Gasteiger partial charge in [0, 0.05) is 12.8 Å². The fraction of sp³-hybridized carbons (Fsp3) is 0.500. The molecular weight excluding hydrogens is 332 g/mol. The van der Waals surface area contributed by atoms with Crippen molar-refractivity contribution in [3.8, 4) is 0 Å². The van der Waals surface area contributed by atoms with E-state index in [2.05, 4.69) is 0 Å². The Balaban J connectivity index is 1.69. The predicted octanol–water partition coefficient (Wildman–Crippen LogP) is 4.01. The van der Waals surface area contributed by atoms with Gasteiger partial charge in [0.2, 0.25) is 11.8 Å². The third-order valence-corrected chi connectivity index (χ3v) is 4.27. The molecule has 26 heavy (non-hydrogen) atoms. The lowest BCUT2D eigenvalue weighted by atomic mass is 10.1. The number of hydrogen-bond acceptors (Lipinski definition) is 4. The molecule has 2 N–H and O–H groups in total. The van der Waals surface area contributed by atoms with Crippen molar-refractivity contribution >= 4 is 11.8 Å². The lowest BCUT2D eigenvalue weighted by molar-refractivity contribution is -0.133. The Hall–Kier alpha value is -2.50. The normalized spacial score (nSPS) is 10.8. The van der Waals surface area contributed by atoms with Gasteiger partial charge in [0.25, 0.3) is 0 Å². The summed E-state index contributed by atoms with van der Waals surface area (Å²) in [6.45, 7) is 0.888. The number of hydrogen-bond donors (Lipinski definition) is 1. The van der Waals surface area contributed by atoms with Gasteiger partial charge in [0.1, 0.15) is 11.5 Å². The lowest BCUT2D eigenvalue weighted by Gasteiger charge is -2.20. The van der Waals surface area contributed by atoms with Crippen molar-refractivity contribution in [2.45, 2.75) is 64.5 Å². The summed E-state index contributed by atoms with van der Waals surface area (Å²) < 4.78 is 10.7. The van der Waals surface area contributed by atoms with Crippen LogP contribution in [0.4, 0.5) is 0 Å². The largest absolute Gasteiger partial charge is 0.467 e. The second-order valence-electron chi connectivity index (χ2n) is 6.50. The first-order chi connectivity index (χ1) is 12.6. The Morgan fingerprint density at radius 2 is 1.31 bits per heavy atom. The molecule has 0 saturated heterocycles. The highest BCUT2D eigenvalue weighted by Gasteiger charge is 2.16. The predicted molar refractivity (Wildman–Crippen MR) is 97.8 cm³/mol. The Bertz CT molecular complexity index is 599. The summed E-state index contributed by atoms with van der Waals surface area (Å²) in [4.78, 5) is 25.0. The van der Waals surface area contributed by atoms with Crippen LogP contribution in [0.5, 0.6) is 0 Å². The molecule has 6 nitrogen and oxygen atoms in total. The van der Waals surface area contributed by atoms with E-state index in [4.69, 9.17) is 14.6 Å². The Labute approximate surface area is 154 Å². The fourth-order valence-electron chi connectivity index (χ4n) is 2.85. The number of carbonyl (C=O) groups is 2. The summed E-state index contributed by atoms with van der Waals surface area (Å²) in [6, 6.07) is 7.38. The molecule has 2 aromatic rings. The van der Waals surface area contributed by atoms with Crippen LogP contribution >= 0.6 is 0 Å². The molecule has 142 valence electrons. The summed E-state index contributed by atoms with van der Waals surface area (Å²) in [6.07, 6.45) is 10.1. The van der Waals surface area contributed by atoms with Crippen LogP contribution in [0.15, 0.2) is 45.6 Å². The molecule has 0 aliphatic heterocycles. The number of rotatable bonds is 13. The molecule has 2 aromatic heterocycles. The molecule has 0 unspecified atom stereocenters. The molecule has 0 saturated carbocycles. The van der Waals surface area contributed by atoms with Gasteiger partial charge in [0.15, 0.2) is 0 Å². The minimum atomic E-state index is -0.233. The zero-order valence-electron chi connectivity index (χ0n) is 15.2. The highest BCUT2D eigenvalue weighted by Crippen LogP contribution is 2.15. The van der Waals surface area contributed by atoms with E-state index in [1.165, 1.54) is 0 Å². The number of nitrogens with two attached hydrogens (primary N) is 1. The van der Waals surface area contributed by atoms with Crippen molar-refractivity contribution in [2.75, 3.05) is 0 Å². The molecule has 0 fully saturated rings. The van der Waals surface area contributed by atoms with Crippen LogP contribution in [0.25, 0.3) is 0 Å². The van der Waals surface area contributed by atoms with E-state index in [1.807, 2.05) is 24.3 Å². The van der Waals surface area contributed by atoms with E-state index in [0.717, 1.165) is 50.0 Å². The summed E-state index contributed by atoms with van der Waals surface area (Å²) in [7, 11) is 0. The van der Waals surface area contributed by atoms with E-state index in [-0.39, 0.29) is 11.8 Å². The van der Waals surface area contributed by atoms with Crippen molar-refractivity contribution in [1.29, 1.82) is 0 Å². The van der Waals surface area contributed by atoms with Gasteiger partial charge >= 0.3 is 0 Å². The number of nitrogens with zero attached hydrogens (tertiary/aromatic N) is 1. The zero-order chi connectivity index (χ0) is 18.6. The first-order valence-electron chi connectivity index (χ1n) is 9.26. The molecule has 0 radical (unpaired) electrons. The molecule has 0 atom stereocenters. The molecule has 0 aromatic carbocycles. The van der Waals surface area contributed by atoms with E-state index in [1.54, 1.807) is 17.4 Å². The van der Waals surface area contributed by atoms with E-state index < -0.39 is 0 Å². The summed E-state index contributed by atoms with van der Waals surface area (Å²) >= 11 is 0. The van der Waals surface area contributed by atoms with Crippen LogP contribution in [0, 0.1) is 0 Å². The minimum Gasteiger partial charge on any atom is -0.467 e. The quantitative estimate of drug-likeness (QED) is 0.547. The van der Waals surface area contributed by atoms with Gasteiger partial charge in [-0.15, -0.1) is 0 Å². The highest BCUT2D eigenvalue weighted by atomic mass is 16.3. The second kappa shape index (κ2) is 11.2. The fourth-order valence-corrected chi connectivity index (χ4v) is 2.85. The molecule has 0 bridgehead atoms. The van der Waals surface area contributed by atoms with E-state index in [0.29, 0.717) is 25.9 Å². The average Bonchev–Trinajstić information content (AvgIpc) is 3.30. The third kappa shape index (κ3) is 7.59. The topological polar surface area (TPSA) is 89.7 Å². The van der Waals surface area contributed by atoms with Crippen LogP contribution < -0.4 is 5.73 Å². The maximum atomic E-state index is 12.6. The third-order valence-electron chi connectivity index (χ3n) is 4.27. The smallest absolute Gasteiger partial charge is 0.223 e. The molecule has 6 heteroatoms. The molecule has 0 spiro atoms. The number of amides is 2. The molecule has 2 amide bonds. The molecule has 2 heterocycles.